The van der Waals surface area contributed by atoms with Gasteiger partial charge in [0.25, 0.3) is 0 Å². The number of nitrogens with one attached hydrogen (secondary N) is 2. The molecule has 1 aromatic rings. The van der Waals surface area contributed by atoms with E-state index in [1.807, 2.05) is 0 Å². The first-order chi connectivity index (χ1) is 8.87. The van der Waals surface area contributed by atoms with E-state index in [1.165, 1.54) is 0 Å². The third kappa shape index (κ3) is 3.75. The van der Waals surface area contributed by atoms with Crippen LogP contribution < -0.4 is 10.6 Å². The molecule has 0 unspecified atom stereocenters. The second kappa shape index (κ2) is 5.56. The fourth-order valence-electron chi connectivity index (χ4n) is 1.83. The van der Waals surface area contributed by atoms with Crippen LogP contribution in [0.5, 0.6) is 0 Å². The molecule has 1 saturated heterocycles. The number of carbonyl (C=O) groups is 1. The summed E-state index contributed by atoms with van der Waals surface area (Å²) >= 11 is 11.8. The molecule has 2 amide bonds. The van der Waals surface area contributed by atoms with Crippen LogP contribution in [0.2, 0.25) is 5.02 Å². The lowest BCUT2D eigenvalue weighted by atomic mass is 10.2. The van der Waals surface area contributed by atoms with Crippen LogP contribution in [0.1, 0.15) is 0 Å². The molecule has 2 atom stereocenters. The van der Waals surface area contributed by atoms with Crippen molar-refractivity contribution in [2.75, 3.05) is 16.8 Å². The molecule has 0 aliphatic carbocycles. The van der Waals surface area contributed by atoms with Gasteiger partial charge in [0.1, 0.15) is 0 Å². The van der Waals surface area contributed by atoms with Gasteiger partial charge in [-0.15, -0.1) is 11.6 Å². The Balaban J connectivity index is 1.98. The molecule has 1 aromatic carbocycles. The maximum atomic E-state index is 11.7. The maximum absolute atomic E-state index is 11.7. The molecule has 2 N–H and O–H groups in total. The van der Waals surface area contributed by atoms with E-state index in [1.54, 1.807) is 24.3 Å². The highest BCUT2D eigenvalue weighted by molar-refractivity contribution is 7.91. The number of urea groups is 1. The largest absolute Gasteiger partial charge is 0.333 e. The zero-order chi connectivity index (χ0) is 14.0. The van der Waals surface area contributed by atoms with Gasteiger partial charge in [-0.1, -0.05) is 23.7 Å². The van der Waals surface area contributed by atoms with Crippen LogP contribution in [0.3, 0.4) is 0 Å². The third-order valence-corrected chi connectivity index (χ3v) is 5.43. The Hall–Kier alpha value is -0.980. The average molecular weight is 323 g/mol. The Morgan fingerprint density at radius 3 is 2.53 bits per heavy atom. The van der Waals surface area contributed by atoms with Crippen LogP contribution >= 0.6 is 23.2 Å². The van der Waals surface area contributed by atoms with Gasteiger partial charge in [0, 0.05) is 0 Å². The van der Waals surface area contributed by atoms with Crippen molar-refractivity contribution >= 4 is 44.8 Å². The number of sulfone groups is 1. The van der Waals surface area contributed by atoms with Crippen LogP contribution in [0.4, 0.5) is 10.5 Å². The highest BCUT2D eigenvalue weighted by atomic mass is 35.5. The standard InChI is InChI=1S/C11H12Cl2N2O3S/c12-7-3-1-2-4-9(7)14-11(16)15-10-6-19(17,18)5-8(10)13/h1-4,8,10H,5-6H2,(H2,14,15,16)/t8-,10+/m0/s1. The number of halogens is 2. The van der Waals surface area contributed by atoms with Crippen molar-refractivity contribution in [3.63, 3.8) is 0 Å². The molecule has 19 heavy (non-hydrogen) atoms. The van der Waals surface area contributed by atoms with E-state index < -0.39 is 27.3 Å². The van der Waals surface area contributed by atoms with E-state index in [9.17, 15) is 13.2 Å². The zero-order valence-electron chi connectivity index (χ0n) is 9.77. The molecule has 0 spiro atoms. The van der Waals surface area contributed by atoms with Gasteiger partial charge in [0.2, 0.25) is 0 Å². The van der Waals surface area contributed by atoms with Gasteiger partial charge in [0.05, 0.1) is 33.6 Å². The van der Waals surface area contributed by atoms with Crippen LogP contribution in [-0.2, 0) is 9.84 Å². The maximum Gasteiger partial charge on any atom is 0.319 e. The molecule has 1 aliphatic rings. The molecular weight excluding hydrogens is 311 g/mol. The molecule has 0 aromatic heterocycles. The zero-order valence-corrected chi connectivity index (χ0v) is 12.1. The Bertz CT molecular complexity index is 591. The topological polar surface area (TPSA) is 75.3 Å². The van der Waals surface area contributed by atoms with Gasteiger partial charge in [-0.25, -0.2) is 13.2 Å². The first-order valence-electron chi connectivity index (χ1n) is 5.54. The number of amides is 2. The predicted octanol–water partition coefficient (Wildman–Crippen LogP) is 1.87. The van der Waals surface area contributed by atoms with E-state index in [-0.39, 0.29) is 11.5 Å². The molecule has 8 heteroatoms. The van der Waals surface area contributed by atoms with Crippen LogP contribution in [0.15, 0.2) is 24.3 Å². The summed E-state index contributed by atoms with van der Waals surface area (Å²) < 4.78 is 22.7. The SMILES string of the molecule is O=C(Nc1ccccc1Cl)N[C@@H]1CS(=O)(=O)C[C@@H]1Cl. The smallest absolute Gasteiger partial charge is 0.319 e. The van der Waals surface area contributed by atoms with Crippen molar-refractivity contribution < 1.29 is 13.2 Å². The molecule has 0 saturated carbocycles. The minimum Gasteiger partial charge on any atom is -0.333 e. The highest BCUT2D eigenvalue weighted by Gasteiger charge is 2.37. The van der Waals surface area contributed by atoms with Gasteiger partial charge in [-0.2, -0.15) is 0 Å². The van der Waals surface area contributed by atoms with Crippen molar-refractivity contribution in [1.29, 1.82) is 0 Å². The molecule has 5 nitrogen and oxygen atoms in total. The van der Waals surface area contributed by atoms with Crippen LogP contribution in [0, 0.1) is 0 Å². The number of carbonyl (C=O) groups excluding carboxylic acids is 1. The van der Waals surface area contributed by atoms with E-state index in [0.29, 0.717) is 10.7 Å². The summed E-state index contributed by atoms with van der Waals surface area (Å²) in [5, 5.41) is 4.88. The Morgan fingerprint density at radius 2 is 1.95 bits per heavy atom. The summed E-state index contributed by atoms with van der Waals surface area (Å²) in [6.45, 7) is 0. The molecular formula is C11H12Cl2N2O3S. The summed E-state index contributed by atoms with van der Waals surface area (Å²) in [7, 11) is -3.17. The number of para-hydroxylation sites is 1. The average Bonchev–Trinajstić information content (AvgIpc) is 2.55. The van der Waals surface area contributed by atoms with Crippen molar-refractivity contribution in [1.82, 2.24) is 5.32 Å². The molecule has 1 aliphatic heterocycles. The lowest BCUT2D eigenvalue weighted by Crippen LogP contribution is -2.42. The number of hydrogen-bond donors (Lipinski definition) is 2. The van der Waals surface area contributed by atoms with E-state index in [2.05, 4.69) is 10.6 Å². The molecule has 0 radical (unpaired) electrons. The second-order valence-electron chi connectivity index (χ2n) is 4.28. The Labute approximate surface area is 121 Å². The van der Waals surface area contributed by atoms with Gasteiger partial charge >= 0.3 is 6.03 Å². The molecule has 0 bridgehead atoms. The predicted molar refractivity (Wildman–Crippen MR) is 75.7 cm³/mol. The molecule has 104 valence electrons. The summed E-state index contributed by atoms with van der Waals surface area (Å²) in [5.74, 6) is -0.261. The van der Waals surface area contributed by atoms with E-state index >= 15 is 0 Å². The minimum atomic E-state index is -3.17. The first kappa shape index (κ1) is 14.4. The number of hydrogen-bond acceptors (Lipinski definition) is 3. The summed E-state index contributed by atoms with van der Waals surface area (Å²) in [4.78, 5) is 11.7. The van der Waals surface area contributed by atoms with Gasteiger partial charge in [0.15, 0.2) is 9.84 Å². The number of benzene rings is 1. The van der Waals surface area contributed by atoms with Crippen LogP contribution in [-0.4, -0.2) is 37.4 Å². The van der Waals surface area contributed by atoms with E-state index in [0.717, 1.165) is 0 Å². The second-order valence-corrected chi connectivity index (χ2v) is 7.40. The molecule has 2 rings (SSSR count). The van der Waals surface area contributed by atoms with Crippen molar-refractivity contribution in [3.8, 4) is 0 Å². The minimum absolute atomic E-state index is 0.119. The number of alkyl halides is 1. The van der Waals surface area contributed by atoms with Gasteiger partial charge in [-0.3, -0.25) is 0 Å². The van der Waals surface area contributed by atoms with Crippen LogP contribution in [0.25, 0.3) is 0 Å². The summed E-state index contributed by atoms with van der Waals surface area (Å²) in [6, 6.07) is 5.64. The Kier molecular flexibility index (Phi) is 4.23. The van der Waals surface area contributed by atoms with E-state index in [4.69, 9.17) is 23.2 Å². The van der Waals surface area contributed by atoms with Crippen molar-refractivity contribution in [2.45, 2.75) is 11.4 Å². The van der Waals surface area contributed by atoms with Crippen molar-refractivity contribution in [3.05, 3.63) is 29.3 Å². The lowest BCUT2D eigenvalue weighted by molar-refractivity contribution is 0.249. The van der Waals surface area contributed by atoms with Gasteiger partial charge in [-0.05, 0) is 12.1 Å². The molecule has 1 heterocycles. The normalized spacial score (nSPS) is 24.9. The highest BCUT2D eigenvalue weighted by Crippen LogP contribution is 2.21. The first-order valence-corrected chi connectivity index (χ1v) is 8.17. The molecule has 1 fully saturated rings. The Morgan fingerprint density at radius 1 is 1.26 bits per heavy atom. The quantitative estimate of drug-likeness (QED) is 0.816. The fourth-order valence-corrected chi connectivity index (χ4v) is 4.56. The monoisotopic (exact) mass is 322 g/mol. The third-order valence-electron chi connectivity index (χ3n) is 2.72. The summed E-state index contributed by atoms with van der Waals surface area (Å²) in [5.41, 5.74) is 0.452. The van der Waals surface area contributed by atoms with Gasteiger partial charge < -0.3 is 10.6 Å². The number of anilines is 1. The fraction of sp³-hybridized carbons (Fsp3) is 0.364. The number of rotatable bonds is 2. The lowest BCUT2D eigenvalue weighted by Gasteiger charge is -2.15. The van der Waals surface area contributed by atoms with Crippen molar-refractivity contribution in [2.24, 2.45) is 0 Å². The summed E-state index contributed by atoms with van der Waals surface area (Å²) in [6.07, 6.45) is 0.